The summed E-state index contributed by atoms with van der Waals surface area (Å²) >= 11 is 0. The maximum absolute atomic E-state index is 12.5. The number of aromatic nitrogens is 5. The van der Waals surface area contributed by atoms with Gasteiger partial charge in [-0.05, 0) is 6.92 Å². The van der Waals surface area contributed by atoms with Crippen LogP contribution in [0, 0.1) is 6.92 Å². The number of rotatable bonds is 3. The van der Waals surface area contributed by atoms with E-state index >= 15 is 0 Å². The number of hydrogen-bond donors (Lipinski definition) is 0. The van der Waals surface area contributed by atoms with E-state index in [-0.39, 0.29) is 5.91 Å². The average molecular weight is 372 g/mol. The Labute approximate surface area is 157 Å². The maximum Gasteiger partial charge on any atom is 0.276 e. The molecule has 0 atom stereocenters. The second-order valence-electron chi connectivity index (χ2n) is 6.82. The summed E-state index contributed by atoms with van der Waals surface area (Å²) < 4.78 is 6.97. The van der Waals surface area contributed by atoms with Gasteiger partial charge in [-0.2, -0.15) is 4.98 Å². The molecule has 10 heteroatoms. The van der Waals surface area contributed by atoms with Crippen LogP contribution in [-0.4, -0.2) is 88.3 Å². The second kappa shape index (κ2) is 7.47. The van der Waals surface area contributed by atoms with Crippen molar-refractivity contribution in [1.82, 2.24) is 29.9 Å². The van der Waals surface area contributed by atoms with Crippen LogP contribution in [0.15, 0.2) is 12.3 Å². The van der Waals surface area contributed by atoms with Crippen molar-refractivity contribution in [2.75, 3.05) is 62.3 Å². The maximum atomic E-state index is 12.5. The highest BCUT2D eigenvalue weighted by molar-refractivity contribution is 5.92. The Balaban J connectivity index is 1.43. The zero-order valence-corrected chi connectivity index (χ0v) is 15.7. The van der Waals surface area contributed by atoms with Crippen LogP contribution in [0.25, 0.3) is 0 Å². The highest BCUT2D eigenvalue weighted by Gasteiger charge is 2.26. The summed E-state index contributed by atoms with van der Waals surface area (Å²) in [5.74, 6) is 1.59. The number of aryl methyl sites for hydroxylation is 2. The minimum Gasteiger partial charge on any atom is -0.378 e. The predicted octanol–water partition coefficient (Wildman–Crippen LogP) is -0.287. The van der Waals surface area contributed by atoms with Gasteiger partial charge in [0.1, 0.15) is 5.82 Å². The summed E-state index contributed by atoms with van der Waals surface area (Å²) in [5.41, 5.74) is 1.33. The number of morpholine rings is 1. The fourth-order valence-electron chi connectivity index (χ4n) is 3.35. The van der Waals surface area contributed by atoms with Crippen LogP contribution in [0.2, 0.25) is 0 Å². The summed E-state index contributed by atoms with van der Waals surface area (Å²) in [6.45, 7) is 7.73. The molecule has 27 heavy (non-hydrogen) atoms. The first kappa shape index (κ1) is 17.7. The van der Waals surface area contributed by atoms with Gasteiger partial charge in [0.05, 0.1) is 19.4 Å². The Kier molecular flexibility index (Phi) is 4.88. The highest BCUT2D eigenvalue weighted by atomic mass is 16.5. The number of carbonyl (C=O) groups excluding carboxylic acids is 1. The van der Waals surface area contributed by atoms with Crippen LogP contribution in [0.1, 0.15) is 16.2 Å². The fraction of sp³-hybridized carbons (Fsp3) is 0.588. The smallest absolute Gasteiger partial charge is 0.276 e. The molecule has 0 aromatic carbocycles. The van der Waals surface area contributed by atoms with E-state index < -0.39 is 0 Å². The summed E-state index contributed by atoms with van der Waals surface area (Å²) in [7, 11) is 1.75. The largest absolute Gasteiger partial charge is 0.378 e. The van der Waals surface area contributed by atoms with Gasteiger partial charge in [-0.3, -0.25) is 9.48 Å². The molecular formula is C17H24N8O2. The quantitative estimate of drug-likeness (QED) is 0.726. The Bertz CT molecular complexity index is 809. The standard InChI is InChI=1S/C17H24N8O2/c1-13-11-15(23-7-9-27-10-8-23)19-17(18-13)25-5-3-24(4-6-25)16(26)14-12-22(2)21-20-14/h11-12H,3-10H2,1-2H3. The molecule has 144 valence electrons. The number of hydrogen-bond acceptors (Lipinski definition) is 8. The molecule has 0 radical (unpaired) electrons. The van der Waals surface area contributed by atoms with Crippen molar-refractivity contribution in [3.05, 3.63) is 23.7 Å². The summed E-state index contributed by atoms with van der Waals surface area (Å²) in [6.07, 6.45) is 1.65. The van der Waals surface area contributed by atoms with Crippen molar-refractivity contribution in [2.24, 2.45) is 7.05 Å². The summed E-state index contributed by atoms with van der Waals surface area (Å²) in [6, 6.07) is 2.02. The Morgan fingerprint density at radius 2 is 1.78 bits per heavy atom. The van der Waals surface area contributed by atoms with Gasteiger partial charge in [0.25, 0.3) is 5.91 Å². The molecule has 0 bridgehead atoms. The van der Waals surface area contributed by atoms with E-state index in [1.54, 1.807) is 18.1 Å². The third-order valence-corrected chi connectivity index (χ3v) is 4.84. The van der Waals surface area contributed by atoms with Gasteiger partial charge in [0.2, 0.25) is 5.95 Å². The van der Waals surface area contributed by atoms with Crippen LogP contribution in [0.3, 0.4) is 0 Å². The van der Waals surface area contributed by atoms with E-state index in [0.29, 0.717) is 31.9 Å². The molecule has 2 aliphatic heterocycles. The van der Waals surface area contributed by atoms with Gasteiger partial charge < -0.3 is 19.4 Å². The van der Waals surface area contributed by atoms with Gasteiger partial charge in [-0.15, -0.1) is 5.10 Å². The number of carbonyl (C=O) groups is 1. The SMILES string of the molecule is Cc1cc(N2CCOCC2)nc(N2CCN(C(=O)c3cn(C)nn3)CC2)n1. The Morgan fingerprint density at radius 3 is 2.44 bits per heavy atom. The molecule has 1 amide bonds. The molecule has 10 nitrogen and oxygen atoms in total. The Morgan fingerprint density at radius 1 is 1.04 bits per heavy atom. The van der Waals surface area contributed by atoms with E-state index in [1.165, 1.54) is 4.68 Å². The van der Waals surface area contributed by atoms with Crippen molar-refractivity contribution in [1.29, 1.82) is 0 Å². The van der Waals surface area contributed by atoms with Crippen LogP contribution in [-0.2, 0) is 11.8 Å². The normalized spacial score (nSPS) is 18.1. The molecule has 2 aromatic heterocycles. The van der Waals surface area contributed by atoms with Crippen LogP contribution in [0.5, 0.6) is 0 Å². The molecule has 0 unspecified atom stereocenters. The fourth-order valence-corrected chi connectivity index (χ4v) is 3.35. The van der Waals surface area contributed by atoms with Crippen molar-refractivity contribution in [3.63, 3.8) is 0 Å². The molecule has 4 rings (SSSR count). The van der Waals surface area contributed by atoms with Gasteiger partial charge in [-0.25, -0.2) is 4.98 Å². The molecule has 2 aliphatic rings. The third kappa shape index (κ3) is 3.85. The zero-order valence-electron chi connectivity index (χ0n) is 15.7. The van der Waals surface area contributed by atoms with E-state index in [4.69, 9.17) is 9.72 Å². The summed E-state index contributed by atoms with van der Waals surface area (Å²) in [4.78, 5) is 28.1. The van der Waals surface area contributed by atoms with Crippen LogP contribution >= 0.6 is 0 Å². The predicted molar refractivity (Wildman–Crippen MR) is 98.9 cm³/mol. The topological polar surface area (TPSA) is 92.5 Å². The molecule has 0 saturated carbocycles. The highest BCUT2D eigenvalue weighted by Crippen LogP contribution is 2.20. The number of piperazine rings is 1. The number of nitrogens with zero attached hydrogens (tertiary/aromatic N) is 8. The first-order valence-corrected chi connectivity index (χ1v) is 9.19. The van der Waals surface area contributed by atoms with E-state index in [9.17, 15) is 4.79 Å². The number of ether oxygens (including phenoxy) is 1. The monoisotopic (exact) mass is 372 g/mol. The lowest BCUT2D eigenvalue weighted by molar-refractivity contribution is 0.0740. The molecule has 0 aliphatic carbocycles. The molecule has 4 heterocycles. The lowest BCUT2D eigenvalue weighted by Gasteiger charge is -2.35. The Hall–Kier alpha value is -2.75. The minimum atomic E-state index is -0.0816. The summed E-state index contributed by atoms with van der Waals surface area (Å²) in [5, 5.41) is 7.74. The van der Waals surface area contributed by atoms with Crippen molar-refractivity contribution in [2.45, 2.75) is 6.92 Å². The van der Waals surface area contributed by atoms with Gasteiger partial charge >= 0.3 is 0 Å². The van der Waals surface area contributed by atoms with Crippen molar-refractivity contribution >= 4 is 17.7 Å². The molecule has 2 saturated heterocycles. The zero-order chi connectivity index (χ0) is 18.8. The number of anilines is 2. The average Bonchev–Trinajstić information content (AvgIpc) is 3.14. The van der Waals surface area contributed by atoms with E-state index in [0.717, 1.165) is 43.8 Å². The molecular weight excluding hydrogens is 348 g/mol. The molecule has 2 aromatic rings. The van der Waals surface area contributed by atoms with Gasteiger partial charge in [0.15, 0.2) is 5.69 Å². The lowest BCUT2D eigenvalue weighted by atomic mass is 10.3. The van der Waals surface area contributed by atoms with Gasteiger partial charge in [0, 0.05) is 58.1 Å². The van der Waals surface area contributed by atoms with E-state index in [1.807, 2.05) is 13.0 Å². The van der Waals surface area contributed by atoms with Crippen molar-refractivity contribution < 1.29 is 9.53 Å². The van der Waals surface area contributed by atoms with E-state index in [2.05, 4.69) is 25.1 Å². The third-order valence-electron chi connectivity index (χ3n) is 4.84. The molecule has 0 spiro atoms. The number of amides is 1. The second-order valence-corrected chi connectivity index (χ2v) is 6.82. The van der Waals surface area contributed by atoms with Gasteiger partial charge in [-0.1, -0.05) is 5.21 Å². The van der Waals surface area contributed by atoms with Crippen LogP contribution < -0.4 is 9.80 Å². The minimum absolute atomic E-state index is 0.0816. The first-order chi connectivity index (χ1) is 13.1. The first-order valence-electron chi connectivity index (χ1n) is 9.19. The molecule has 2 fully saturated rings. The lowest BCUT2D eigenvalue weighted by Crippen LogP contribution is -2.49. The van der Waals surface area contributed by atoms with Crippen molar-refractivity contribution in [3.8, 4) is 0 Å². The molecule has 0 N–H and O–H groups in total. The van der Waals surface area contributed by atoms with Crippen LogP contribution in [0.4, 0.5) is 11.8 Å².